The van der Waals surface area contributed by atoms with Crippen LogP contribution in [0.4, 0.5) is 33.5 Å². The summed E-state index contributed by atoms with van der Waals surface area (Å²) in [6.45, 7) is 2.90. The van der Waals surface area contributed by atoms with Gasteiger partial charge in [0.2, 0.25) is 0 Å². The van der Waals surface area contributed by atoms with Gasteiger partial charge in [0.05, 0.1) is 17.6 Å². The Hall–Kier alpha value is -3.86. The van der Waals surface area contributed by atoms with E-state index >= 15 is 0 Å². The molecule has 0 bridgehead atoms. The van der Waals surface area contributed by atoms with Crippen LogP contribution in [0.3, 0.4) is 0 Å². The number of halogens is 5. The number of ether oxygens (including phenoxy) is 1. The summed E-state index contributed by atoms with van der Waals surface area (Å²) in [5, 5.41) is 13.0. The summed E-state index contributed by atoms with van der Waals surface area (Å²) in [7, 11) is 0. The highest BCUT2D eigenvalue weighted by molar-refractivity contribution is 6.00. The highest BCUT2D eigenvalue weighted by Crippen LogP contribution is 2.36. The highest BCUT2D eigenvalue weighted by atomic mass is 19.4. The van der Waals surface area contributed by atoms with Crippen molar-refractivity contribution in [2.45, 2.75) is 38.0 Å². The van der Waals surface area contributed by atoms with Crippen molar-refractivity contribution in [3.63, 3.8) is 0 Å². The van der Waals surface area contributed by atoms with Crippen LogP contribution in [0.5, 0.6) is 5.75 Å². The summed E-state index contributed by atoms with van der Waals surface area (Å²) in [6.07, 6.45) is -1.34. The molecule has 0 radical (unpaired) electrons. The molecule has 3 aromatic rings. The van der Waals surface area contributed by atoms with Crippen LogP contribution in [0.2, 0.25) is 0 Å². The standard InChI is InChI=1S/C26H23F5N4O2/c1-25(2,36)21-7-6-15(14-34-21)35-23-12-16(8-10-33-23)37-20-13-22(26(29,30)31)32-11-9-17(20)24-18(27)4-3-5-19(24)28/h3-8,10,12-14,17,36H,9,11H2,1-2H3,(H,33,35). The number of aliphatic imine (C=N–C) groups is 1. The van der Waals surface area contributed by atoms with Crippen LogP contribution < -0.4 is 10.1 Å². The van der Waals surface area contributed by atoms with E-state index in [9.17, 15) is 27.1 Å². The number of benzene rings is 1. The second-order valence-corrected chi connectivity index (χ2v) is 8.88. The average Bonchev–Trinajstić information content (AvgIpc) is 3.02. The molecule has 194 valence electrons. The van der Waals surface area contributed by atoms with E-state index in [0.29, 0.717) is 17.5 Å². The van der Waals surface area contributed by atoms with E-state index in [4.69, 9.17) is 4.74 Å². The molecule has 3 heterocycles. The van der Waals surface area contributed by atoms with Crippen LogP contribution in [-0.4, -0.2) is 33.5 Å². The number of hydrogen-bond acceptors (Lipinski definition) is 6. The van der Waals surface area contributed by atoms with Crippen molar-refractivity contribution >= 4 is 17.2 Å². The van der Waals surface area contributed by atoms with Crippen molar-refractivity contribution in [1.29, 1.82) is 0 Å². The Morgan fingerprint density at radius 3 is 2.38 bits per heavy atom. The van der Waals surface area contributed by atoms with Gasteiger partial charge >= 0.3 is 6.18 Å². The molecule has 0 spiro atoms. The van der Waals surface area contributed by atoms with Crippen LogP contribution >= 0.6 is 0 Å². The molecule has 11 heteroatoms. The SMILES string of the molecule is CC(C)(O)c1ccc(Nc2cc(OC3=CC(C(F)(F)F)=NCCC3c3c(F)cccc3F)ccn2)cn1. The molecule has 0 fully saturated rings. The number of nitrogens with one attached hydrogen (secondary N) is 1. The molecule has 0 aliphatic carbocycles. The van der Waals surface area contributed by atoms with Crippen molar-refractivity contribution in [3.8, 4) is 5.75 Å². The molecular formula is C26H23F5N4O2. The molecule has 0 saturated heterocycles. The summed E-state index contributed by atoms with van der Waals surface area (Å²) in [5.41, 5.74) is -1.73. The summed E-state index contributed by atoms with van der Waals surface area (Å²) >= 11 is 0. The number of aliphatic hydroxyl groups is 1. The van der Waals surface area contributed by atoms with Gasteiger partial charge in [-0.2, -0.15) is 13.2 Å². The fourth-order valence-corrected chi connectivity index (χ4v) is 3.80. The lowest BCUT2D eigenvalue weighted by molar-refractivity contribution is -0.0579. The van der Waals surface area contributed by atoms with Gasteiger partial charge in [-0.1, -0.05) is 6.07 Å². The minimum atomic E-state index is -4.77. The minimum Gasteiger partial charge on any atom is -0.461 e. The lowest BCUT2D eigenvalue weighted by atomic mass is 9.92. The van der Waals surface area contributed by atoms with Crippen molar-refractivity contribution in [3.05, 3.63) is 89.6 Å². The fraction of sp³-hybridized carbons (Fsp3) is 0.269. The molecule has 1 aliphatic rings. The molecular weight excluding hydrogens is 495 g/mol. The molecule has 2 aromatic heterocycles. The zero-order chi connectivity index (χ0) is 26.8. The van der Waals surface area contributed by atoms with E-state index in [-0.39, 0.29) is 30.3 Å². The maximum absolute atomic E-state index is 14.6. The van der Waals surface area contributed by atoms with Crippen LogP contribution in [0.25, 0.3) is 0 Å². The Bertz CT molecular complexity index is 1310. The predicted molar refractivity (Wildman–Crippen MR) is 128 cm³/mol. The highest BCUT2D eigenvalue weighted by Gasteiger charge is 2.37. The monoisotopic (exact) mass is 518 g/mol. The molecule has 2 N–H and O–H groups in total. The Morgan fingerprint density at radius 2 is 1.76 bits per heavy atom. The molecule has 6 nitrogen and oxygen atoms in total. The number of allylic oxidation sites excluding steroid dienone is 2. The molecule has 1 atom stereocenters. The lowest BCUT2D eigenvalue weighted by Gasteiger charge is -2.21. The Morgan fingerprint density at radius 1 is 1.03 bits per heavy atom. The van der Waals surface area contributed by atoms with Crippen LogP contribution in [0, 0.1) is 11.6 Å². The Kier molecular flexibility index (Phi) is 7.26. The smallest absolute Gasteiger partial charge is 0.433 e. The largest absolute Gasteiger partial charge is 0.461 e. The summed E-state index contributed by atoms with van der Waals surface area (Å²) in [5.74, 6) is -2.86. The number of rotatable bonds is 6. The Balaban J connectivity index is 1.65. The number of hydrogen-bond donors (Lipinski definition) is 2. The van der Waals surface area contributed by atoms with Gasteiger partial charge in [0.15, 0.2) is 0 Å². The van der Waals surface area contributed by atoms with Crippen LogP contribution in [0.15, 0.2) is 71.7 Å². The van der Waals surface area contributed by atoms with Crippen molar-refractivity contribution < 1.29 is 31.8 Å². The quantitative estimate of drug-likeness (QED) is 0.381. The molecule has 37 heavy (non-hydrogen) atoms. The van der Waals surface area contributed by atoms with Gasteiger partial charge in [0, 0.05) is 36.4 Å². The number of pyridine rings is 2. The average molecular weight is 518 g/mol. The molecule has 0 saturated carbocycles. The van der Waals surface area contributed by atoms with E-state index in [0.717, 1.165) is 12.1 Å². The second-order valence-electron chi connectivity index (χ2n) is 8.88. The van der Waals surface area contributed by atoms with E-state index in [1.807, 2.05) is 0 Å². The van der Waals surface area contributed by atoms with Gasteiger partial charge in [0.1, 0.15) is 40.3 Å². The second kappa shape index (κ2) is 10.3. The lowest BCUT2D eigenvalue weighted by Crippen LogP contribution is -2.22. The fourth-order valence-electron chi connectivity index (χ4n) is 3.80. The summed E-state index contributed by atoms with van der Waals surface area (Å²) in [4.78, 5) is 11.9. The number of anilines is 2. The third-order valence-corrected chi connectivity index (χ3v) is 5.59. The molecule has 1 unspecified atom stereocenters. The van der Waals surface area contributed by atoms with E-state index in [2.05, 4.69) is 20.3 Å². The van der Waals surface area contributed by atoms with E-state index in [1.54, 1.807) is 26.0 Å². The topological polar surface area (TPSA) is 79.6 Å². The zero-order valence-corrected chi connectivity index (χ0v) is 19.9. The first-order chi connectivity index (χ1) is 17.4. The minimum absolute atomic E-state index is 0.0926. The number of nitrogens with zero attached hydrogens (tertiary/aromatic N) is 3. The first kappa shape index (κ1) is 26.2. The van der Waals surface area contributed by atoms with Crippen molar-refractivity contribution in [2.75, 3.05) is 11.9 Å². The third kappa shape index (κ3) is 6.29. The molecule has 1 aliphatic heterocycles. The van der Waals surface area contributed by atoms with Gasteiger partial charge in [0.25, 0.3) is 0 Å². The van der Waals surface area contributed by atoms with Crippen molar-refractivity contribution in [2.24, 2.45) is 4.99 Å². The van der Waals surface area contributed by atoms with Crippen LogP contribution in [0.1, 0.15) is 37.4 Å². The zero-order valence-electron chi connectivity index (χ0n) is 19.9. The molecule has 0 amide bonds. The predicted octanol–water partition coefficient (Wildman–Crippen LogP) is 6.18. The van der Waals surface area contributed by atoms with Gasteiger partial charge in [-0.05, 0) is 50.6 Å². The number of aromatic nitrogens is 2. The molecule has 1 aromatic carbocycles. The first-order valence-corrected chi connectivity index (χ1v) is 11.3. The van der Waals surface area contributed by atoms with E-state index in [1.165, 1.54) is 30.6 Å². The first-order valence-electron chi connectivity index (χ1n) is 11.3. The maximum atomic E-state index is 14.6. The van der Waals surface area contributed by atoms with E-state index < -0.39 is 40.6 Å². The maximum Gasteiger partial charge on any atom is 0.433 e. The van der Waals surface area contributed by atoms with Gasteiger partial charge < -0.3 is 15.2 Å². The van der Waals surface area contributed by atoms with Crippen molar-refractivity contribution in [1.82, 2.24) is 9.97 Å². The van der Waals surface area contributed by atoms with Gasteiger partial charge in [-0.3, -0.25) is 9.98 Å². The van der Waals surface area contributed by atoms with Crippen LogP contribution in [-0.2, 0) is 5.60 Å². The van der Waals surface area contributed by atoms with Gasteiger partial charge in [-0.25, -0.2) is 13.8 Å². The normalized spacial score (nSPS) is 16.5. The van der Waals surface area contributed by atoms with Gasteiger partial charge in [-0.15, -0.1) is 0 Å². The molecule has 4 rings (SSSR count). The Labute approximate surface area is 209 Å². The number of alkyl halides is 3. The third-order valence-electron chi connectivity index (χ3n) is 5.59. The summed E-state index contributed by atoms with van der Waals surface area (Å²) < 4.78 is 75.5. The summed E-state index contributed by atoms with van der Waals surface area (Å²) in [6, 6.07) is 9.39.